The molecule has 1 amide bonds. The molecule has 1 saturated carbocycles. The maximum absolute atomic E-state index is 14.0. The van der Waals surface area contributed by atoms with E-state index in [-0.39, 0.29) is 28.7 Å². The average molecular weight is 400 g/mol. The van der Waals surface area contributed by atoms with Gasteiger partial charge in [-0.1, -0.05) is 48.7 Å². The first-order chi connectivity index (χ1) is 13.6. The lowest BCUT2D eigenvalue weighted by Crippen LogP contribution is -2.30. The zero-order valence-electron chi connectivity index (χ0n) is 15.1. The Morgan fingerprint density at radius 1 is 1.14 bits per heavy atom. The van der Waals surface area contributed by atoms with Crippen molar-refractivity contribution < 1.29 is 9.18 Å². The van der Waals surface area contributed by atoms with E-state index in [2.05, 4.69) is 10.4 Å². The Morgan fingerprint density at radius 3 is 2.57 bits per heavy atom. The molecule has 0 atom stereocenters. The molecule has 1 aromatic heterocycles. The van der Waals surface area contributed by atoms with Crippen molar-refractivity contribution in [2.75, 3.05) is 0 Å². The number of nitrogens with zero attached hydrogens (tertiary/aromatic N) is 2. The van der Waals surface area contributed by atoms with Crippen LogP contribution >= 0.6 is 11.6 Å². The van der Waals surface area contributed by atoms with Crippen LogP contribution in [0.3, 0.4) is 0 Å². The first-order valence-corrected chi connectivity index (χ1v) is 9.66. The summed E-state index contributed by atoms with van der Waals surface area (Å²) in [7, 11) is 0. The molecule has 1 fully saturated rings. The molecular formula is C21H19ClFN3O2. The number of carbonyl (C=O) groups is 1. The molecule has 0 aliphatic heterocycles. The van der Waals surface area contributed by atoms with Crippen molar-refractivity contribution in [1.82, 2.24) is 15.1 Å². The lowest BCUT2D eigenvalue weighted by molar-refractivity contribution is 0.0946. The van der Waals surface area contributed by atoms with E-state index in [0.717, 1.165) is 25.7 Å². The van der Waals surface area contributed by atoms with Crippen LogP contribution in [0.15, 0.2) is 47.3 Å². The number of amides is 1. The highest BCUT2D eigenvalue weighted by atomic mass is 35.5. The van der Waals surface area contributed by atoms with Gasteiger partial charge in [0.15, 0.2) is 0 Å². The van der Waals surface area contributed by atoms with Crippen molar-refractivity contribution >= 4 is 28.3 Å². The van der Waals surface area contributed by atoms with Gasteiger partial charge in [0.25, 0.3) is 11.5 Å². The van der Waals surface area contributed by atoms with E-state index in [1.165, 1.54) is 18.2 Å². The number of rotatable bonds is 4. The van der Waals surface area contributed by atoms with E-state index in [9.17, 15) is 14.0 Å². The van der Waals surface area contributed by atoms with Gasteiger partial charge >= 0.3 is 0 Å². The SMILES string of the molecule is O=C(NCc1nn(C2CCCC2)c(=O)c2ccccc12)c1c(F)cccc1Cl. The van der Waals surface area contributed by atoms with Crippen LogP contribution in [0, 0.1) is 5.82 Å². The second-order valence-electron chi connectivity index (χ2n) is 6.96. The predicted molar refractivity (Wildman–Crippen MR) is 106 cm³/mol. The molecule has 144 valence electrons. The van der Waals surface area contributed by atoms with Gasteiger partial charge in [-0.15, -0.1) is 0 Å². The molecule has 2 aromatic carbocycles. The van der Waals surface area contributed by atoms with Gasteiger partial charge in [-0.3, -0.25) is 9.59 Å². The second-order valence-corrected chi connectivity index (χ2v) is 7.37. The van der Waals surface area contributed by atoms with Crippen molar-refractivity contribution in [3.8, 4) is 0 Å². The van der Waals surface area contributed by atoms with Gasteiger partial charge in [0.2, 0.25) is 0 Å². The fourth-order valence-electron chi connectivity index (χ4n) is 3.77. The summed E-state index contributed by atoms with van der Waals surface area (Å²) in [4.78, 5) is 25.3. The zero-order chi connectivity index (χ0) is 19.7. The quantitative estimate of drug-likeness (QED) is 0.713. The highest BCUT2D eigenvalue weighted by Crippen LogP contribution is 2.28. The molecule has 1 heterocycles. The van der Waals surface area contributed by atoms with Gasteiger partial charge in [-0.05, 0) is 31.0 Å². The second kappa shape index (κ2) is 7.72. The van der Waals surface area contributed by atoms with Crippen LogP contribution in [0.25, 0.3) is 10.8 Å². The standard InChI is InChI=1S/C21H19ClFN3O2/c22-16-10-5-11-17(23)19(16)20(27)24-12-18-14-8-3-4-9-15(14)21(28)26(25-18)13-6-1-2-7-13/h3-5,8-11,13H,1-2,6-7,12H2,(H,24,27). The summed E-state index contributed by atoms with van der Waals surface area (Å²) in [5.74, 6) is -1.30. The van der Waals surface area contributed by atoms with E-state index in [0.29, 0.717) is 16.5 Å². The van der Waals surface area contributed by atoms with Crippen LogP contribution in [0.2, 0.25) is 5.02 Å². The Hall–Kier alpha value is -2.73. The number of hydrogen-bond acceptors (Lipinski definition) is 3. The number of nitrogens with one attached hydrogen (secondary N) is 1. The maximum Gasteiger partial charge on any atom is 0.274 e. The minimum absolute atomic E-state index is 0.0474. The van der Waals surface area contributed by atoms with Gasteiger partial charge < -0.3 is 5.32 Å². The molecule has 0 unspecified atom stereocenters. The van der Waals surface area contributed by atoms with E-state index in [1.807, 2.05) is 12.1 Å². The zero-order valence-corrected chi connectivity index (χ0v) is 15.9. The van der Waals surface area contributed by atoms with Crippen LogP contribution in [0.4, 0.5) is 4.39 Å². The Labute approximate surface area is 166 Å². The molecule has 5 nitrogen and oxygen atoms in total. The average Bonchev–Trinajstić information content (AvgIpc) is 3.22. The van der Waals surface area contributed by atoms with Crippen LogP contribution in [-0.4, -0.2) is 15.7 Å². The smallest absolute Gasteiger partial charge is 0.274 e. The summed E-state index contributed by atoms with van der Waals surface area (Å²) in [6, 6.07) is 11.4. The van der Waals surface area contributed by atoms with Crippen LogP contribution in [0.1, 0.15) is 47.8 Å². The van der Waals surface area contributed by atoms with Crippen molar-refractivity contribution in [3.63, 3.8) is 0 Å². The third kappa shape index (κ3) is 3.40. The number of hydrogen-bond donors (Lipinski definition) is 1. The topological polar surface area (TPSA) is 64.0 Å². The van der Waals surface area contributed by atoms with Gasteiger partial charge in [-0.2, -0.15) is 5.10 Å². The minimum atomic E-state index is -0.682. The monoisotopic (exact) mass is 399 g/mol. The Bertz CT molecular complexity index is 1090. The summed E-state index contributed by atoms with van der Waals surface area (Å²) in [6.07, 6.45) is 3.98. The predicted octanol–water partition coefficient (Wildman–Crippen LogP) is 4.23. The van der Waals surface area contributed by atoms with Crippen molar-refractivity contribution in [2.24, 2.45) is 0 Å². The Balaban J connectivity index is 1.69. The number of aromatic nitrogens is 2. The molecule has 0 bridgehead atoms. The molecule has 0 radical (unpaired) electrons. The third-order valence-corrected chi connectivity index (χ3v) is 5.50. The van der Waals surface area contributed by atoms with Gasteiger partial charge in [0, 0.05) is 5.39 Å². The highest BCUT2D eigenvalue weighted by Gasteiger charge is 2.22. The summed E-state index contributed by atoms with van der Waals surface area (Å²) in [6.45, 7) is 0.0665. The first-order valence-electron chi connectivity index (χ1n) is 9.29. The lowest BCUT2D eigenvalue weighted by atomic mass is 10.1. The molecule has 1 aliphatic rings. The lowest BCUT2D eigenvalue weighted by Gasteiger charge is -2.16. The summed E-state index contributed by atoms with van der Waals surface area (Å²) < 4.78 is 15.5. The molecule has 1 aliphatic carbocycles. The van der Waals surface area contributed by atoms with Gasteiger partial charge in [-0.25, -0.2) is 9.07 Å². The molecule has 3 aromatic rings. The van der Waals surface area contributed by atoms with Crippen molar-refractivity contribution in [1.29, 1.82) is 0 Å². The van der Waals surface area contributed by atoms with E-state index in [4.69, 9.17) is 11.6 Å². The van der Waals surface area contributed by atoms with Crippen LogP contribution in [0.5, 0.6) is 0 Å². The Kier molecular flexibility index (Phi) is 5.13. The van der Waals surface area contributed by atoms with E-state index in [1.54, 1.807) is 16.8 Å². The fraction of sp³-hybridized carbons (Fsp3) is 0.286. The fourth-order valence-corrected chi connectivity index (χ4v) is 4.02. The van der Waals surface area contributed by atoms with E-state index < -0.39 is 11.7 Å². The summed E-state index contributed by atoms with van der Waals surface area (Å²) >= 11 is 5.97. The first kappa shape index (κ1) is 18.6. The summed E-state index contributed by atoms with van der Waals surface area (Å²) in [5.41, 5.74) is 0.259. The van der Waals surface area contributed by atoms with Gasteiger partial charge in [0.05, 0.1) is 34.3 Å². The summed E-state index contributed by atoms with van der Waals surface area (Å²) in [5, 5.41) is 8.54. The molecule has 28 heavy (non-hydrogen) atoms. The molecule has 0 saturated heterocycles. The largest absolute Gasteiger partial charge is 0.346 e. The van der Waals surface area contributed by atoms with Crippen molar-refractivity contribution in [3.05, 3.63) is 74.9 Å². The molecule has 4 rings (SSSR count). The molecule has 0 spiro atoms. The number of carbonyl (C=O) groups excluding carboxylic acids is 1. The van der Waals surface area contributed by atoms with Gasteiger partial charge in [0.1, 0.15) is 5.82 Å². The number of halogens is 2. The normalized spacial score (nSPS) is 14.5. The van der Waals surface area contributed by atoms with Crippen LogP contribution < -0.4 is 10.9 Å². The van der Waals surface area contributed by atoms with E-state index >= 15 is 0 Å². The minimum Gasteiger partial charge on any atom is -0.346 e. The maximum atomic E-state index is 14.0. The number of benzene rings is 2. The molecule has 1 N–H and O–H groups in total. The van der Waals surface area contributed by atoms with Crippen LogP contribution in [-0.2, 0) is 6.54 Å². The third-order valence-electron chi connectivity index (χ3n) is 5.18. The Morgan fingerprint density at radius 2 is 1.86 bits per heavy atom. The highest BCUT2D eigenvalue weighted by molar-refractivity contribution is 6.33. The molecular weight excluding hydrogens is 381 g/mol. The van der Waals surface area contributed by atoms with Crippen molar-refractivity contribution in [2.45, 2.75) is 38.3 Å². The number of fused-ring (bicyclic) bond motifs is 1. The molecule has 7 heteroatoms.